The first-order valence-electron chi connectivity index (χ1n) is 13.6. The molecule has 9 heteroatoms. The van der Waals surface area contributed by atoms with Crippen LogP contribution in [0.1, 0.15) is 49.0 Å². The molecular formula is C29H35FN8. The first-order valence-corrected chi connectivity index (χ1v) is 13.6. The average molecular weight is 515 g/mol. The fourth-order valence-electron chi connectivity index (χ4n) is 5.95. The minimum atomic E-state index is -0.461. The monoisotopic (exact) mass is 514 g/mol. The third-order valence-corrected chi connectivity index (χ3v) is 7.74. The summed E-state index contributed by atoms with van der Waals surface area (Å²) in [4.78, 5) is 20.9. The van der Waals surface area contributed by atoms with Crippen LogP contribution in [0.15, 0.2) is 30.5 Å². The lowest BCUT2D eigenvalue weighted by Crippen LogP contribution is -2.35. The van der Waals surface area contributed by atoms with Crippen LogP contribution >= 0.6 is 0 Å². The van der Waals surface area contributed by atoms with Crippen LogP contribution in [-0.4, -0.2) is 55.6 Å². The maximum atomic E-state index is 15.0. The Balaban J connectivity index is 1.24. The van der Waals surface area contributed by atoms with Gasteiger partial charge in [-0.2, -0.15) is 0 Å². The van der Waals surface area contributed by atoms with Crippen LogP contribution < -0.4 is 10.6 Å². The molecule has 4 aromatic rings. The number of aryl methyl sites for hydroxylation is 2. The number of fused-ring (bicyclic) bond motifs is 2. The highest BCUT2D eigenvalue weighted by atomic mass is 19.1. The van der Waals surface area contributed by atoms with Crippen LogP contribution in [0.5, 0.6) is 0 Å². The Morgan fingerprint density at radius 1 is 1.16 bits per heavy atom. The van der Waals surface area contributed by atoms with Crippen molar-refractivity contribution in [3.8, 4) is 11.3 Å². The first kappa shape index (κ1) is 24.9. The lowest BCUT2D eigenvalue weighted by molar-refractivity contribution is 0.218. The van der Waals surface area contributed by atoms with Gasteiger partial charge in [0.25, 0.3) is 0 Å². The SMILES string of the molecule is Cc1cc(-c2nc(Nc3ccc4c(n3)CCN(C[C@@H]3CCNC3)C4)ncc2F)cc2c1nc(C)n2C(C)C. The Bertz CT molecular complexity index is 1490. The minimum absolute atomic E-state index is 0.240. The molecule has 0 bridgehead atoms. The van der Waals surface area contributed by atoms with Gasteiger partial charge in [0.15, 0.2) is 5.82 Å². The molecule has 0 spiro atoms. The molecule has 1 saturated heterocycles. The van der Waals surface area contributed by atoms with E-state index in [1.54, 1.807) is 0 Å². The van der Waals surface area contributed by atoms with Crippen molar-refractivity contribution >= 4 is 22.8 Å². The van der Waals surface area contributed by atoms with Gasteiger partial charge < -0.3 is 15.2 Å². The molecular weight excluding hydrogens is 479 g/mol. The number of nitrogens with one attached hydrogen (secondary N) is 2. The third kappa shape index (κ3) is 4.76. The molecule has 2 aliphatic heterocycles. The van der Waals surface area contributed by atoms with Gasteiger partial charge in [-0.05, 0) is 82.4 Å². The molecule has 0 saturated carbocycles. The molecule has 1 atom stereocenters. The van der Waals surface area contributed by atoms with Crippen LogP contribution in [0.4, 0.5) is 16.2 Å². The van der Waals surface area contributed by atoms with Gasteiger partial charge in [0.05, 0.1) is 17.2 Å². The summed E-state index contributed by atoms with van der Waals surface area (Å²) in [6, 6.07) is 8.26. The second-order valence-electron chi connectivity index (χ2n) is 10.9. The predicted octanol–water partition coefficient (Wildman–Crippen LogP) is 4.94. The van der Waals surface area contributed by atoms with Gasteiger partial charge in [-0.25, -0.2) is 24.3 Å². The molecule has 38 heavy (non-hydrogen) atoms. The lowest BCUT2D eigenvalue weighted by atomic mass is 10.0. The quantitative estimate of drug-likeness (QED) is 0.377. The van der Waals surface area contributed by atoms with Gasteiger partial charge in [0.1, 0.15) is 17.3 Å². The highest BCUT2D eigenvalue weighted by molar-refractivity contribution is 5.85. The largest absolute Gasteiger partial charge is 0.326 e. The van der Waals surface area contributed by atoms with E-state index >= 15 is 0 Å². The van der Waals surface area contributed by atoms with Crippen molar-refractivity contribution in [2.24, 2.45) is 5.92 Å². The molecule has 8 nitrogen and oxygen atoms in total. The highest BCUT2D eigenvalue weighted by Crippen LogP contribution is 2.31. The van der Waals surface area contributed by atoms with Crippen molar-refractivity contribution in [1.82, 2.24) is 34.7 Å². The number of nitrogens with zero attached hydrogens (tertiary/aromatic N) is 6. The van der Waals surface area contributed by atoms with Gasteiger partial charge in [-0.3, -0.25) is 4.90 Å². The number of halogens is 1. The predicted molar refractivity (Wildman–Crippen MR) is 148 cm³/mol. The Hall–Kier alpha value is -3.43. The lowest BCUT2D eigenvalue weighted by Gasteiger charge is -2.30. The minimum Gasteiger partial charge on any atom is -0.326 e. The maximum absolute atomic E-state index is 15.0. The number of aromatic nitrogens is 5. The fourth-order valence-corrected chi connectivity index (χ4v) is 5.95. The summed E-state index contributed by atoms with van der Waals surface area (Å²) in [6.07, 6.45) is 3.41. The molecule has 2 aliphatic rings. The van der Waals surface area contributed by atoms with E-state index in [1.165, 1.54) is 18.2 Å². The molecule has 1 aromatic carbocycles. The van der Waals surface area contributed by atoms with Gasteiger partial charge in [0.2, 0.25) is 5.95 Å². The first-order chi connectivity index (χ1) is 18.4. The van der Waals surface area contributed by atoms with E-state index in [0.717, 1.165) is 73.2 Å². The molecule has 0 radical (unpaired) electrons. The van der Waals surface area contributed by atoms with Crippen molar-refractivity contribution in [3.63, 3.8) is 0 Å². The van der Waals surface area contributed by atoms with Crippen molar-refractivity contribution in [2.45, 2.75) is 53.1 Å². The van der Waals surface area contributed by atoms with Crippen molar-refractivity contribution < 1.29 is 4.39 Å². The van der Waals surface area contributed by atoms with Crippen LogP contribution in [0.2, 0.25) is 0 Å². The van der Waals surface area contributed by atoms with Crippen molar-refractivity contribution in [3.05, 3.63) is 58.9 Å². The normalized spacial score (nSPS) is 17.9. The molecule has 0 aliphatic carbocycles. The Labute approximate surface area is 222 Å². The Morgan fingerprint density at radius 3 is 2.82 bits per heavy atom. The van der Waals surface area contributed by atoms with E-state index in [-0.39, 0.29) is 11.7 Å². The molecule has 3 aromatic heterocycles. The van der Waals surface area contributed by atoms with Gasteiger partial charge >= 0.3 is 0 Å². The average Bonchev–Trinajstić information content (AvgIpc) is 3.52. The maximum Gasteiger partial charge on any atom is 0.229 e. The van der Waals surface area contributed by atoms with Crippen LogP contribution in [0.25, 0.3) is 22.3 Å². The van der Waals surface area contributed by atoms with Crippen LogP contribution in [0, 0.1) is 25.6 Å². The standard InChI is InChI=1S/C29H35FN8/c1-17(2)38-19(4)33-27-18(3)11-22(12-25(27)38)28-23(30)14-32-29(36-28)35-26-6-5-21-16-37(10-8-24(21)34-26)15-20-7-9-31-13-20/h5-6,11-12,14,17,20,31H,7-10,13,15-16H2,1-4H3,(H,32,34,35,36)/t20-/m1/s1. The van der Waals surface area contributed by atoms with E-state index in [2.05, 4.69) is 50.0 Å². The summed E-state index contributed by atoms with van der Waals surface area (Å²) >= 11 is 0. The summed E-state index contributed by atoms with van der Waals surface area (Å²) < 4.78 is 17.2. The van der Waals surface area contributed by atoms with E-state index in [4.69, 9.17) is 9.97 Å². The second kappa shape index (κ2) is 10.0. The summed E-state index contributed by atoms with van der Waals surface area (Å²) in [6.45, 7) is 13.6. The van der Waals surface area contributed by atoms with Gasteiger partial charge in [-0.1, -0.05) is 6.07 Å². The highest BCUT2D eigenvalue weighted by Gasteiger charge is 2.23. The Kier molecular flexibility index (Phi) is 6.57. The summed E-state index contributed by atoms with van der Waals surface area (Å²) in [7, 11) is 0. The van der Waals surface area contributed by atoms with Crippen molar-refractivity contribution in [2.75, 3.05) is 31.5 Å². The number of pyridine rings is 1. The zero-order valence-electron chi connectivity index (χ0n) is 22.6. The molecule has 2 N–H and O–H groups in total. The zero-order chi connectivity index (χ0) is 26.4. The number of rotatable bonds is 6. The van der Waals surface area contributed by atoms with E-state index in [9.17, 15) is 4.39 Å². The van der Waals surface area contributed by atoms with E-state index < -0.39 is 5.82 Å². The second-order valence-corrected chi connectivity index (χ2v) is 10.9. The smallest absolute Gasteiger partial charge is 0.229 e. The summed E-state index contributed by atoms with van der Waals surface area (Å²) in [5.74, 6) is 2.23. The third-order valence-electron chi connectivity index (χ3n) is 7.74. The number of anilines is 2. The molecule has 0 unspecified atom stereocenters. The Morgan fingerprint density at radius 2 is 2.03 bits per heavy atom. The number of hydrogen-bond acceptors (Lipinski definition) is 7. The molecule has 0 amide bonds. The fraction of sp³-hybridized carbons (Fsp3) is 0.448. The summed E-state index contributed by atoms with van der Waals surface area (Å²) in [5, 5.41) is 6.67. The number of benzene rings is 1. The van der Waals surface area contributed by atoms with E-state index in [1.807, 2.05) is 32.0 Å². The zero-order valence-corrected chi connectivity index (χ0v) is 22.6. The molecule has 6 rings (SSSR count). The van der Waals surface area contributed by atoms with E-state index in [0.29, 0.717) is 17.3 Å². The number of imidazole rings is 1. The summed E-state index contributed by atoms with van der Waals surface area (Å²) in [5.41, 5.74) is 6.25. The van der Waals surface area contributed by atoms with Crippen LogP contribution in [0.3, 0.4) is 0 Å². The molecule has 1 fully saturated rings. The van der Waals surface area contributed by atoms with Crippen molar-refractivity contribution in [1.29, 1.82) is 0 Å². The molecule has 5 heterocycles. The van der Waals surface area contributed by atoms with Gasteiger partial charge in [0, 0.05) is 43.4 Å². The van der Waals surface area contributed by atoms with Crippen LogP contribution in [-0.2, 0) is 13.0 Å². The molecule has 198 valence electrons. The number of hydrogen-bond donors (Lipinski definition) is 2. The van der Waals surface area contributed by atoms with Gasteiger partial charge in [-0.15, -0.1) is 0 Å². The topological polar surface area (TPSA) is 83.8 Å².